The van der Waals surface area contributed by atoms with Crippen molar-refractivity contribution in [3.05, 3.63) is 29.8 Å². The van der Waals surface area contributed by atoms with Crippen molar-refractivity contribution in [2.75, 3.05) is 19.7 Å². The normalized spacial score (nSPS) is 24.6. The van der Waals surface area contributed by atoms with Crippen molar-refractivity contribution in [1.29, 1.82) is 0 Å². The summed E-state index contributed by atoms with van der Waals surface area (Å²) >= 11 is 0. The molecule has 2 aliphatic rings. The van der Waals surface area contributed by atoms with Gasteiger partial charge in [-0.3, -0.25) is 0 Å². The van der Waals surface area contributed by atoms with Gasteiger partial charge in [-0.25, -0.2) is 0 Å². The molecule has 1 N–H and O–H groups in total. The minimum absolute atomic E-state index is 0.696. The molecule has 0 aromatic heterocycles. The number of hydrogen-bond donors (Lipinski definition) is 1. The Labute approximate surface area is 103 Å². The minimum atomic E-state index is 0.696. The molecule has 1 heterocycles. The number of ether oxygens (including phenoxy) is 1. The van der Waals surface area contributed by atoms with Gasteiger partial charge < -0.3 is 10.1 Å². The van der Waals surface area contributed by atoms with Gasteiger partial charge in [0.1, 0.15) is 5.75 Å². The molecule has 1 unspecified atom stereocenters. The molecular weight excluding hydrogens is 210 g/mol. The van der Waals surface area contributed by atoms with E-state index in [9.17, 15) is 0 Å². The van der Waals surface area contributed by atoms with Crippen LogP contribution in [0.5, 0.6) is 5.75 Å². The molecule has 1 aliphatic heterocycles. The van der Waals surface area contributed by atoms with E-state index in [0.29, 0.717) is 5.92 Å². The van der Waals surface area contributed by atoms with Gasteiger partial charge in [0.25, 0.3) is 0 Å². The lowest BCUT2D eigenvalue weighted by atomic mass is 9.92. The zero-order chi connectivity index (χ0) is 11.5. The third-order valence-electron chi connectivity index (χ3n) is 3.83. The smallest absolute Gasteiger partial charge is 0.119 e. The van der Waals surface area contributed by atoms with E-state index in [0.717, 1.165) is 24.8 Å². The summed E-state index contributed by atoms with van der Waals surface area (Å²) in [5, 5.41) is 3.47. The second-order valence-corrected chi connectivity index (χ2v) is 5.37. The number of hydrogen-bond acceptors (Lipinski definition) is 2. The Bertz CT molecular complexity index is 350. The van der Waals surface area contributed by atoms with Gasteiger partial charge in [-0.1, -0.05) is 12.1 Å². The van der Waals surface area contributed by atoms with Gasteiger partial charge in [-0.05, 0) is 61.8 Å². The quantitative estimate of drug-likeness (QED) is 0.860. The van der Waals surface area contributed by atoms with Gasteiger partial charge in [-0.2, -0.15) is 0 Å². The Hall–Kier alpha value is -1.02. The molecular formula is C15H21NO. The summed E-state index contributed by atoms with van der Waals surface area (Å²) in [6, 6.07) is 8.73. The standard InChI is InChI=1S/C15H21NO/c1-2-14(10-16-9-1)13-5-7-15(8-6-13)17-11-12-3-4-12/h5-8,12,14,16H,1-4,9-11H2. The van der Waals surface area contributed by atoms with Gasteiger partial charge in [0, 0.05) is 6.54 Å². The molecule has 3 rings (SSSR count). The molecule has 1 aromatic rings. The third-order valence-corrected chi connectivity index (χ3v) is 3.83. The molecule has 1 saturated heterocycles. The zero-order valence-electron chi connectivity index (χ0n) is 10.3. The van der Waals surface area contributed by atoms with Crippen LogP contribution in [0, 0.1) is 5.92 Å². The number of piperidine rings is 1. The van der Waals surface area contributed by atoms with E-state index in [-0.39, 0.29) is 0 Å². The van der Waals surface area contributed by atoms with E-state index in [1.807, 2.05) is 0 Å². The molecule has 2 fully saturated rings. The highest BCUT2D eigenvalue weighted by atomic mass is 16.5. The predicted molar refractivity (Wildman–Crippen MR) is 69.5 cm³/mol. The first-order chi connectivity index (χ1) is 8.42. The third kappa shape index (κ3) is 3.01. The number of nitrogens with one attached hydrogen (secondary N) is 1. The lowest BCUT2D eigenvalue weighted by Crippen LogP contribution is -2.28. The number of benzene rings is 1. The molecule has 2 nitrogen and oxygen atoms in total. The molecule has 1 atom stereocenters. The first kappa shape index (κ1) is 11.1. The Morgan fingerprint density at radius 2 is 1.94 bits per heavy atom. The Balaban J connectivity index is 1.58. The van der Waals surface area contributed by atoms with E-state index >= 15 is 0 Å². The SMILES string of the molecule is c1cc(C2CCCNC2)ccc1OCC1CC1. The molecule has 92 valence electrons. The molecule has 0 amide bonds. The lowest BCUT2D eigenvalue weighted by Gasteiger charge is -2.23. The highest BCUT2D eigenvalue weighted by Gasteiger charge is 2.22. The highest BCUT2D eigenvalue weighted by Crippen LogP contribution is 2.30. The van der Waals surface area contributed by atoms with Crippen LogP contribution in [0.25, 0.3) is 0 Å². The van der Waals surface area contributed by atoms with E-state index in [1.54, 1.807) is 0 Å². The largest absolute Gasteiger partial charge is 0.493 e. The van der Waals surface area contributed by atoms with Gasteiger partial charge >= 0.3 is 0 Å². The summed E-state index contributed by atoms with van der Waals surface area (Å²) in [6.07, 6.45) is 5.32. The van der Waals surface area contributed by atoms with Crippen LogP contribution in [-0.4, -0.2) is 19.7 Å². The van der Waals surface area contributed by atoms with E-state index < -0.39 is 0 Å². The summed E-state index contributed by atoms with van der Waals surface area (Å²) in [6.45, 7) is 3.21. The van der Waals surface area contributed by atoms with Crippen LogP contribution in [0.3, 0.4) is 0 Å². The molecule has 0 spiro atoms. The molecule has 0 radical (unpaired) electrons. The second-order valence-electron chi connectivity index (χ2n) is 5.37. The fraction of sp³-hybridized carbons (Fsp3) is 0.600. The van der Waals surface area contributed by atoms with Crippen molar-refractivity contribution in [2.45, 2.75) is 31.6 Å². The van der Waals surface area contributed by atoms with Crippen molar-refractivity contribution in [2.24, 2.45) is 5.92 Å². The maximum absolute atomic E-state index is 5.76. The van der Waals surface area contributed by atoms with Crippen LogP contribution in [-0.2, 0) is 0 Å². The topological polar surface area (TPSA) is 21.3 Å². The zero-order valence-corrected chi connectivity index (χ0v) is 10.3. The monoisotopic (exact) mass is 231 g/mol. The van der Waals surface area contributed by atoms with E-state index in [4.69, 9.17) is 4.74 Å². The molecule has 1 saturated carbocycles. The summed E-state index contributed by atoms with van der Waals surface area (Å²) < 4.78 is 5.76. The van der Waals surface area contributed by atoms with Crippen LogP contribution in [0.1, 0.15) is 37.2 Å². The summed E-state index contributed by atoms with van der Waals surface area (Å²) in [5.41, 5.74) is 1.45. The van der Waals surface area contributed by atoms with E-state index in [1.165, 1.54) is 37.8 Å². The second kappa shape index (κ2) is 5.09. The Kier molecular flexibility index (Phi) is 3.32. The van der Waals surface area contributed by atoms with Crippen LogP contribution in [0.4, 0.5) is 0 Å². The van der Waals surface area contributed by atoms with E-state index in [2.05, 4.69) is 29.6 Å². The molecule has 17 heavy (non-hydrogen) atoms. The van der Waals surface area contributed by atoms with Crippen molar-refractivity contribution in [3.8, 4) is 5.75 Å². The van der Waals surface area contributed by atoms with Crippen molar-refractivity contribution in [3.63, 3.8) is 0 Å². The summed E-state index contributed by atoms with van der Waals surface area (Å²) in [5.74, 6) is 2.56. The van der Waals surface area contributed by atoms with Gasteiger partial charge in [0.2, 0.25) is 0 Å². The van der Waals surface area contributed by atoms with Crippen LogP contribution < -0.4 is 10.1 Å². The number of rotatable bonds is 4. The maximum Gasteiger partial charge on any atom is 0.119 e. The fourth-order valence-corrected chi connectivity index (χ4v) is 2.47. The fourth-order valence-electron chi connectivity index (χ4n) is 2.47. The average molecular weight is 231 g/mol. The van der Waals surface area contributed by atoms with Crippen molar-refractivity contribution < 1.29 is 4.74 Å². The Morgan fingerprint density at radius 3 is 2.59 bits per heavy atom. The molecule has 2 heteroatoms. The molecule has 0 bridgehead atoms. The predicted octanol–water partition coefficient (Wildman–Crippen LogP) is 2.94. The lowest BCUT2D eigenvalue weighted by molar-refractivity contribution is 0.299. The first-order valence-electron chi connectivity index (χ1n) is 6.85. The van der Waals surface area contributed by atoms with Crippen LogP contribution in [0.15, 0.2) is 24.3 Å². The van der Waals surface area contributed by atoms with Gasteiger partial charge in [0.05, 0.1) is 6.61 Å². The van der Waals surface area contributed by atoms with Crippen LogP contribution in [0.2, 0.25) is 0 Å². The highest BCUT2D eigenvalue weighted by molar-refractivity contribution is 5.30. The minimum Gasteiger partial charge on any atom is -0.493 e. The van der Waals surface area contributed by atoms with Crippen molar-refractivity contribution >= 4 is 0 Å². The van der Waals surface area contributed by atoms with Crippen LogP contribution >= 0.6 is 0 Å². The Morgan fingerprint density at radius 1 is 1.12 bits per heavy atom. The van der Waals surface area contributed by atoms with Gasteiger partial charge in [-0.15, -0.1) is 0 Å². The summed E-state index contributed by atoms with van der Waals surface area (Å²) in [7, 11) is 0. The maximum atomic E-state index is 5.76. The van der Waals surface area contributed by atoms with Gasteiger partial charge in [0.15, 0.2) is 0 Å². The molecule has 1 aliphatic carbocycles. The first-order valence-corrected chi connectivity index (χ1v) is 6.85. The van der Waals surface area contributed by atoms with Crippen molar-refractivity contribution in [1.82, 2.24) is 5.32 Å². The average Bonchev–Trinajstić information content (AvgIpc) is 3.22. The summed E-state index contributed by atoms with van der Waals surface area (Å²) in [4.78, 5) is 0. The molecule has 1 aromatic carbocycles.